The summed E-state index contributed by atoms with van der Waals surface area (Å²) in [6.07, 6.45) is 1.35. The normalized spacial score (nSPS) is 27.0. The molecule has 2 N–H and O–H groups in total. The van der Waals surface area contributed by atoms with E-state index in [1.54, 1.807) is 0 Å². The topological polar surface area (TPSA) is 94.2 Å². The molecule has 0 bridgehead atoms. The highest BCUT2D eigenvalue weighted by Gasteiger charge is 2.72. The number of hydrogen-bond donors (Lipinski definition) is 1. The fourth-order valence-corrected chi connectivity index (χ4v) is 4.78. The fourth-order valence-electron chi connectivity index (χ4n) is 4.48. The van der Waals surface area contributed by atoms with Gasteiger partial charge in [-0.2, -0.15) is 4.98 Å². The number of piperidine rings is 1. The molecule has 0 spiro atoms. The van der Waals surface area contributed by atoms with Gasteiger partial charge < -0.3 is 15.4 Å². The highest BCUT2D eigenvalue weighted by molar-refractivity contribution is 6.30. The van der Waals surface area contributed by atoms with Gasteiger partial charge in [-0.25, -0.2) is 19.2 Å². The molecule has 0 radical (unpaired) electrons. The summed E-state index contributed by atoms with van der Waals surface area (Å²) in [5, 5.41) is 0.0104. The number of fused-ring (bicyclic) bond motifs is 2. The summed E-state index contributed by atoms with van der Waals surface area (Å²) in [5.74, 6) is -0.199. The largest absolute Gasteiger partial charge is 0.440 e. The van der Waals surface area contributed by atoms with E-state index in [0.29, 0.717) is 17.7 Å². The van der Waals surface area contributed by atoms with E-state index in [1.165, 1.54) is 6.20 Å². The van der Waals surface area contributed by atoms with Gasteiger partial charge in [-0.15, -0.1) is 0 Å². The second kappa shape index (κ2) is 5.78. The number of hydrogen-bond acceptors (Lipinski definition) is 6. The third-order valence-electron chi connectivity index (χ3n) is 5.27. The highest BCUT2D eigenvalue weighted by atomic mass is 35.5. The molecule has 2 aromatic rings. The first kappa shape index (κ1) is 18.4. The lowest BCUT2D eigenvalue weighted by atomic mass is 9.81. The molecule has 1 amide bonds. The fraction of sp³-hybridized carbons (Fsp3) is 0.529. The highest BCUT2D eigenvalue weighted by Crippen LogP contribution is 2.61. The number of amides is 1. The van der Waals surface area contributed by atoms with Gasteiger partial charge in [0.2, 0.25) is 5.28 Å². The number of carbonyl (C=O) groups is 1. The predicted octanol–water partition coefficient (Wildman–Crippen LogP) is 3.56. The lowest BCUT2D eigenvalue weighted by Crippen LogP contribution is -2.51. The average molecular weight is 414 g/mol. The minimum absolute atomic E-state index is 0.00287. The molecule has 0 aromatic carbocycles. The molecular weight excluding hydrogens is 396 g/mol. The van der Waals surface area contributed by atoms with E-state index >= 15 is 0 Å². The summed E-state index contributed by atoms with van der Waals surface area (Å²) < 4.78 is 20.0. The molecule has 27 heavy (non-hydrogen) atoms. The van der Waals surface area contributed by atoms with E-state index in [1.807, 2.05) is 25.7 Å². The smallest absolute Gasteiger partial charge is 0.405 e. The Labute approximate surface area is 165 Å². The van der Waals surface area contributed by atoms with E-state index in [4.69, 9.17) is 33.7 Å². The number of ether oxygens (including phenoxy) is 1. The molecule has 144 valence electrons. The van der Waals surface area contributed by atoms with Crippen LogP contribution in [0.5, 0.6) is 0 Å². The molecule has 2 aliphatic rings. The summed E-state index contributed by atoms with van der Waals surface area (Å²) in [5.41, 5.74) is 4.35. The number of primary amides is 1. The summed E-state index contributed by atoms with van der Waals surface area (Å²) in [6, 6.07) is -0.226. The van der Waals surface area contributed by atoms with Gasteiger partial charge in [0.05, 0.1) is 11.4 Å². The standard InChI is InChI=1S/C17H18Cl2FN5O2/c1-16(2,3)13-17(27-15(21)26)4-7(17)6-25(13)12-8-5-22-11(18)9(20)10(8)23-14(19)24-12/h5,7,13H,4,6H2,1-3H3,(H2,21,26)/t7-,13?,17+/m1/s1. The Hall–Kier alpha value is -1.93. The SMILES string of the molecule is CC(C)(C)C1N(c2nc(Cl)nc3c(F)c(Cl)ncc23)C[C@H]2C[C@@]12OC(N)=O. The molecule has 1 saturated carbocycles. The van der Waals surface area contributed by atoms with Crippen LogP contribution in [0.25, 0.3) is 10.9 Å². The minimum atomic E-state index is -0.807. The third-order valence-corrected chi connectivity index (χ3v) is 5.70. The molecule has 2 aromatic heterocycles. The van der Waals surface area contributed by atoms with Crippen molar-refractivity contribution in [3.8, 4) is 0 Å². The van der Waals surface area contributed by atoms with Crippen molar-refractivity contribution in [2.24, 2.45) is 17.1 Å². The number of anilines is 1. The number of aromatic nitrogens is 3. The second-order valence-electron chi connectivity index (χ2n) is 8.14. The summed E-state index contributed by atoms with van der Waals surface area (Å²) in [6.45, 7) is 6.69. The first-order valence-electron chi connectivity index (χ1n) is 8.47. The van der Waals surface area contributed by atoms with Crippen molar-refractivity contribution < 1.29 is 13.9 Å². The maximum atomic E-state index is 14.5. The van der Waals surface area contributed by atoms with Crippen molar-refractivity contribution in [3.05, 3.63) is 22.5 Å². The van der Waals surface area contributed by atoms with Gasteiger partial charge in [-0.05, 0) is 23.4 Å². The van der Waals surface area contributed by atoms with Gasteiger partial charge in [-0.1, -0.05) is 32.4 Å². The molecule has 1 unspecified atom stereocenters. The third kappa shape index (κ3) is 2.77. The first-order chi connectivity index (χ1) is 12.5. The lowest BCUT2D eigenvalue weighted by Gasteiger charge is -2.41. The molecule has 1 aliphatic carbocycles. The monoisotopic (exact) mass is 413 g/mol. The van der Waals surface area contributed by atoms with E-state index in [-0.39, 0.29) is 33.3 Å². The van der Waals surface area contributed by atoms with E-state index < -0.39 is 17.5 Å². The Morgan fingerprint density at radius 3 is 2.74 bits per heavy atom. The van der Waals surface area contributed by atoms with Crippen molar-refractivity contribution in [2.45, 2.75) is 38.8 Å². The van der Waals surface area contributed by atoms with Gasteiger partial charge in [0.1, 0.15) is 16.9 Å². The maximum Gasteiger partial charge on any atom is 0.405 e. The maximum absolute atomic E-state index is 14.5. The van der Waals surface area contributed by atoms with Crippen LogP contribution in [0.1, 0.15) is 27.2 Å². The zero-order chi connectivity index (χ0) is 19.7. The molecule has 1 saturated heterocycles. The summed E-state index contributed by atoms with van der Waals surface area (Å²) in [7, 11) is 0. The van der Waals surface area contributed by atoms with Crippen molar-refractivity contribution in [3.63, 3.8) is 0 Å². The zero-order valence-electron chi connectivity index (χ0n) is 15.0. The average Bonchev–Trinajstić information content (AvgIpc) is 3.10. The van der Waals surface area contributed by atoms with Crippen molar-refractivity contribution in [1.82, 2.24) is 15.0 Å². The number of pyridine rings is 1. The summed E-state index contributed by atoms with van der Waals surface area (Å²) in [4.78, 5) is 25.7. The molecule has 2 fully saturated rings. The van der Waals surface area contributed by atoms with Gasteiger partial charge in [-0.3, -0.25) is 0 Å². The van der Waals surface area contributed by atoms with Crippen LogP contribution in [0.3, 0.4) is 0 Å². The molecule has 3 heterocycles. The Kier molecular flexibility index (Phi) is 3.95. The Balaban J connectivity index is 1.89. The van der Waals surface area contributed by atoms with Crippen LogP contribution in [0.2, 0.25) is 10.4 Å². The molecule has 4 rings (SSSR count). The Morgan fingerprint density at radius 2 is 2.11 bits per heavy atom. The lowest BCUT2D eigenvalue weighted by molar-refractivity contribution is 0.0464. The number of nitrogens with two attached hydrogens (primary N) is 1. The minimum Gasteiger partial charge on any atom is -0.440 e. The number of halogens is 3. The van der Waals surface area contributed by atoms with Crippen LogP contribution in [0.15, 0.2) is 6.20 Å². The van der Waals surface area contributed by atoms with E-state index in [9.17, 15) is 9.18 Å². The molecule has 10 heteroatoms. The van der Waals surface area contributed by atoms with Crippen molar-refractivity contribution in [1.29, 1.82) is 0 Å². The Morgan fingerprint density at radius 1 is 1.41 bits per heavy atom. The number of nitrogens with zero attached hydrogens (tertiary/aromatic N) is 4. The van der Waals surface area contributed by atoms with Crippen molar-refractivity contribution in [2.75, 3.05) is 11.4 Å². The molecule has 1 aliphatic heterocycles. The van der Waals surface area contributed by atoms with Gasteiger partial charge in [0, 0.05) is 18.7 Å². The summed E-state index contributed by atoms with van der Waals surface area (Å²) >= 11 is 11.9. The van der Waals surface area contributed by atoms with Gasteiger partial charge >= 0.3 is 6.09 Å². The van der Waals surface area contributed by atoms with Crippen LogP contribution < -0.4 is 10.6 Å². The van der Waals surface area contributed by atoms with Gasteiger partial charge in [0.25, 0.3) is 0 Å². The zero-order valence-corrected chi connectivity index (χ0v) is 16.5. The molecule has 3 atom stereocenters. The second-order valence-corrected chi connectivity index (χ2v) is 8.84. The first-order valence-corrected chi connectivity index (χ1v) is 9.22. The van der Waals surface area contributed by atoms with Crippen LogP contribution in [0, 0.1) is 17.2 Å². The van der Waals surface area contributed by atoms with E-state index in [0.717, 1.165) is 6.42 Å². The van der Waals surface area contributed by atoms with Crippen LogP contribution in [0.4, 0.5) is 15.0 Å². The molecular formula is C17H18Cl2FN5O2. The Bertz CT molecular complexity index is 966. The quantitative estimate of drug-likeness (QED) is 0.597. The van der Waals surface area contributed by atoms with Crippen molar-refractivity contribution >= 4 is 46.0 Å². The predicted molar refractivity (Wildman–Crippen MR) is 99.4 cm³/mol. The van der Waals surface area contributed by atoms with Crippen LogP contribution in [-0.4, -0.2) is 39.2 Å². The van der Waals surface area contributed by atoms with Crippen LogP contribution in [-0.2, 0) is 4.74 Å². The number of carbonyl (C=O) groups excluding carboxylic acids is 1. The van der Waals surface area contributed by atoms with E-state index in [2.05, 4.69) is 15.0 Å². The molecule has 7 nitrogen and oxygen atoms in total. The number of rotatable bonds is 2. The van der Waals surface area contributed by atoms with Gasteiger partial charge in [0.15, 0.2) is 11.0 Å². The van der Waals surface area contributed by atoms with Crippen LogP contribution >= 0.6 is 23.2 Å².